The minimum Gasteiger partial charge on any atom is -0.279 e. The largest absolute Gasteiger partial charge is 0.418 e. The number of hydrogen-bond acceptors (Lipinski definition) is 2. The first-order valence-electron chi connectivity index (χ1n) is 6.27. The van der Waals surface area contributed by atoms with E-state index in [4.69, 9.17) is 0 Å². The number of nitrogens with one attached hydrogen (secondary N) is 1. The molecule has 0 saturated heterocycles. The van der Waals surface area contributed by atoms with Crippen molar-refractivity contribution in [2.45, 2.75) is 17.2 Å². The fraction of sp³-hybridized carbons (Fsp3) is 0.143. The van der Waals surface area contributed by atoms with Gasteiger partial charge < -0.3 is 0 Å². The van der Waals surface area contributed by atoms with E-state index < -0.39 is 44.1 Å². The van der Waals surface area contributed by atoms with Crippen LogP contribution in [0.3, 0.4) is 0 Å². The minimum atomic E-state index is -4.79. The highest BCUT2D eigenvalue weighted by Gasteiger charge is 2.34. The molecule has 130 valence electrons. The van der Waals surface area contributed by atoms with Crippen molar-refractivity contribution in [2.75, 3.05) is 4.72 Å². The molecule has 0 aliphatic carbocycles. The first-order chi connectivity index (χ1) is 10.9. The summed E-state index contributed by atoms with van der Waals surface area (Å²) in [6, 6.07) is 6.27. The number of hydrogen-bond donors (Lipinski definition) is 1. The Labute approximate surface area is 133 Å². The van der Waals surface area contributed by atoms with E-state index in [1.165, 1.54) is 6.07 Å². The molecule has 0 unspecified atom stereocenters. The zero-order valence-electron chi connectivity index (χ0n) is 11.6. The summed E-state index contributed by atoms with van der Waals surface area (Å²) < 4.78 is 102. The molecule has 0 spiro atoms. The van der Waals surface area contributed by atoms with Crippen molar-refractivity contribution in [1.29, 1.82) is 0 Å². The van der Waals surface area contributed by atoms with Gasteiger partial charge in [-0.3, -0.25) is 4.72 Å². The first-order valence-corrected chi connectivity index (χ1v) is 7.76. The second-order valence-corrected chi connectivity index (χ2v) is 6.35. The number of para-hydroxylation sites is 1. The molecular formula is C14H9F6NO2S. The van der Waals surface area contributed by atoms with Crippen molar-refractivity contribution in [2.24, 2.45) is 0 Å². The Kier molecular flexibility index (Phi) is 4.53. The van der Waals surface area contributed by atoms with E-state index in [1.807, 2.05) is 0 Å². The molecule has 3 nitrogen and oxygen atoms in total. The van der Waals surface area contributed by atoms with Crippen molar-refractivity contribution in [3.05, 3.63) is 59.7 Å². The maximum atomic E-state index is 12.9. The molecule has 2 aromatic carbocycles. The highest BCUT2D eigenvalue weighted by atomic mass is 32.2. The molecule has 0 saturated carbocycles. The lowest BCUT2D eigenvalue weighted by Gasteiger charge is -2.15. The highest BCUT2D eigenvalue weighted by Crippen LogP contribution is 2.35. The minimum absolute atomic E-state index is 0.532. The van der Waals surface area contributed by atoms with Crippen molar-refractivity contribution in [1.82, 2.24) is 0 Å². The van der Waals surface area contributed by atoms with Crippen molar-refractivity contribution in [3.8, 4) is 0 Å². The van der Waals surface area contributed by atoms with Crippen LogP contribution in [0.15, 0.2) is 53.4 Å². The van der Waals surface area contributed by atoms with E-state index in [0.717, 1.165) is 12.1 Å². The van der Waals surface area contributed by atoms with Crippen molar-refractivity contribution in [3.63, 3.8) is 0 Å². The molecule has 0 aromatic heterocycles. The van der Waals surface area contributed by atoms with Crippen LogP contribution in [0.4, 0.5) is 32.0 Å². The molecule has 0 bridgehead atoms. The lowest BCUT2D eigenvalue weighted by molar-refractivity contribution is -0.138. The number of halogens is 6. The lowest BCUT2D eigenvalue weighted by Crippen LogP contribution is -2.17. The zero-order valence-corrected chi connectivity index (χ0v) is 12.4. The Morgan fingerprint density at radius 1 is 0.750 bits per heavy atom. The van der Waals surface area contributed by atoms with Crippen LogP contribution in [0.25, 0.3) is 0 Å². The van der Waals surface area contributed by atoms with Gasteiger partial charge in [0.1, 0.15) is 0 Å². The molecule has 2 aromatic rings. The van der Waals surface area contributed by atoms with Gasteiger partial charge in [0, 0.05) is 0 Å². The van der Waals surface area contributed by atoms with Gasteiger partial charge in [-0.15, -0.1) is 0 Å². The summed E-state index contributed by atoms with van der Waals surface area (Å²) >= 11 is 0. The molecule has 24 heavy (non-hydrogen) atoms. The zero-order chi connectivity index (χ0) is 18.2. The third-order valence-electron chi connectivity index (χ3n) is 2.97. The molecule has 0 aliphatic rings. The van der Waals surface area contributed by atoms with E-state index in [1.54, 1.807) is 4.72 Å². The Balaban J connectivity index is 2.37. The summed E-state index contributed by atoms with van der Waals surface area (Å²) in [6.07, 6.45) is -9.45. The van der Waals surface area contributed by atoms with Gasteiger partial charge in [-0.05, 0) is 36.4 Å². The van der Waals surface area contributed by atoms with Gasteiger partial charge in [0.2, 0.25) is 0 Å². The molecule has 0 heterocycles. The summed E-state index contributed by atoms with van der Waals surface area (Å²) in [5.41, 5.74) is -3.00. The predicted molar refractivity (Wildman–Crippen MR) is 73.7 cm³/mol. The second kappa shape index (κ2) is 6.00. The number of sulfonamides is 1. The Morgan fingerprint density at radius 3 is 1.79 bits per heavy atom. The molecule has 0 amide bonds. The third kappa shape index (κ3) is 3.99. The summed E-state index contributed by atoms with van der Waals surface area (Å²) in [6.45, 7) is 0. The van der Waals surface area contributed by atoms with E-state index in [-0.39, 0.29) is 0 Å². The summed E-state index contributed by atoms with van der Waals surface area (Å²) in [7, 11) is -4.48. The topological polar surface area (TPSA) is 46.2 Å². The number of rotatable bonds is 3. The maximum Gasteiger partial charge on any atom is 0.418 e. The highest BCUT2D eigenvalue weighted by molar-refractivity contribution is 7.92. The molecule has 10 heteroatoms. The average Bonchev–Trinajstić information content (AvgIpc) is 2.45. The molecular weight excluding hydrogens is 360 g/mol. The molecule has 0 aliphatic heterocycles. The Bertz CT molecular complexity index is 826. The SMILES string of the molecule is O=S(=O)(Nc1ccccc1C(F)(F)F)c1ccc(C(F)(F)F)cc1. The monoisotopic (exact) mass is 369 g/mol. The molecule has 0 fully saturated rings. The van der Waals surface area contributed by atoms with Crippen LogP contribution in [0.5, 0.6) is 0 Å². The van der Waals surface area contributed by atoms with Crippen LogP contribution in [0, 0.1) is 0 Å². The van der Waals surface area contributed by atoms with Crippen LogP contribution in [0.1, 0.15) is 11.1 Å². The summed E-state index contributed by atoms with van der Waals surface area (Å²) in [5, 5.41) is 0. The van der Waals surface area contributed by atoms with Gasteiger partial charge >= 0.3 is 12.4 Å². The predicted octanol–water partition coefficient (Wildman–Crippen LogP) is 4.53. The first kappa shape index (κ1) is 18.1. The van der Waals surface area contributed by atoms with Crippen LogP contribution in [0.2, 0.25) is 0 Å². The van der Waals surface area contributed by atoms with Crippen molar-refractivity contribution < 1.29 is 34.8 Å². The molecule has 2 rings (SSSR count). The summed E-state index contributed by atoms with van der Waals surface area (Å²) in [5.74, 6) is 0. The third-order valence-corrected chi connectivity index (χ3v) is 4.35. The number of alkyl halides is 6. The van der Waals surface area contributed by atoms with Crippen LogP contribution in [-0.2, 0) is 22.4 Å². The average molecular weight is 369 g/mol. The van der Waals surface area contributed by atoms with E-state index in [9.17, 15) is 34.8 Å². The number of anilines is 1. The molecule has 0 radical (unpaired) electrons. The van der Waals surface area contributed by atoms with E-state index >= 15 is 0 Å². The van der Waals surface area contributed by atoms with Gasteiger partial charge in [-0.25, -0.2) is 8.42 Å². The second-order valence-electron chi connectivity index (χ2n) is 4.67. The van der Waals surface area contributed by atoms with Gasteiger partial charge in [0.25, 0.3) is 10.0 Å². The van der Waals surface area contributed by atoms with Gasteiger partial charge in [0.05, 0.1) is 21.7 Å². The van der Waals surface area contributed by atoms with Crippen LogP contribution in [-0.4, -0.2) is 8.42 Å². The molecule has 1 N–H and O–H groups in total. The maximum absolute atomic E-state index is 12.9. The van der Waals surface area contributed by atoms with Gasteiger partial charge in [0.15, 0.2) is 0 Å². The van der Waals surface area contributed by atoms with Gasteiger partial charge in [-0.2, -0.15) is 26.3 Å². The Hall–Kier alpha value is -2.23. The van der Waals surface area contributed by atoms with Crippen molar-refractivity contribution >= 4 is 15.7 Å². The normalized spacial score (nSPS) is 12.9. The quantitative estimate of drug-likeness (QED) is 0.809. The number of benzene rings is 2. The molecule has 0 atom stereocenters. The Morgan fingerprint density at radius 2 is 1.29 bits per heavy atom. The lowest BCUT2D eigenvalue weighted by atomic mass is 10.2. The van der Waals surface area contributed by atoms with Gasteiger partial charge in [-0.1, -0.05) is 12.1 Å². The van der Waals surface area contributed by atoms with Crippen LogP contribution >= 0.6 is 0 Å². The van der Waals surface area contributed by atoms with Crippen LogP contribution < -0.4 is 4.72 Å². The standard InChI is InChI=1S/C14H9F6NO2S/c15-13(16,17)9-5-7-10(8-6-9)24(22,23)21-12-4-2-1-3-11(12)14(18,19)20/h1-8,21H. The van der Waals surface area contributed by atoms with E-state index in [0.29, 0.717) is 30.3 Å². The smallest absolute Gasteiger partial charge is 0.279 e. The summed E-state index contributed by atoms with van der Waals surface area (Å²) in [4.78, 5) is -0.590. The fourth-order valence-corrected chi connectivity index (χ4v) is 2.93. The fourth-order valence-electron chi connectivity index (χ4n) is 1.85. The van der Waals surface area contributed by atoms with E-state index in [2.05, 4.69) is 0 Å².